The molecule has 2 N–H and O–H groups in total. The van der Waals surface area contributed by atoms with Crippen molar-refractivity contribution in [3.05, 3.63) is 83.7 Å². The molecule has 130 valence electrons. The molecule has 6 heteroatoms. The highest BCUT2D eigenvalue weighted by Gasteiger charge is 2.17. The second-order valence-electron chi connectivity index (χ2n) is 6.05. The van der Waals surface area contributed by atoms with Crippen LogP contribution in [0.1, 0.15) is 22.5 Å². The number of rotatable bonds is 4. The zero-order chi connectivity index (χ0) is 18.8. The number of nitrogens with two attached hydrogens (primary N) is 1. The van der Waals surface area contributed by atoms with E-state index in [4.69, 9.17) is 11.0 Å². The van der Waals surface area contributed by atoms with Crippen LogP contribution in [0.4, 0.5) is 5.95 Å². The van der Waals surface area contributed by atoms with Crippen molar-refractivity contribution >= 4 is 17.7 Å². The number of hydrogen-bond donors (Lipinski definition) is 1. The first-order valence-electron chi connectivity index (χ1n) is 8.41. The first kappa shape index (κ1) is 16.5. The molecular weight excluding hydrogens is 336 g/mol. The summed E-state index contributed by atoms with van der Waals surface area (Å²) in [5, 5.41) is 13.7. The van der Waals surface area contributed by atoms with Gasteiger partial charge in [-0.25, -0.2) is 9.97 Å². The van der Waals surface area contributed by atoms with Gasteiger partial charge in [-0.3, -0.25) is 0 Å². The molecule has 4 aromatic rings. The predicted molar refractivity (Wildman–Crippen MR) is 105 cm³/mol. The zero-order valence-corrected chi connectivity index (χ0v) is 14.5. The molecule has 0 unspecified atom stereocenters. The third kappa shape index (κ3) is 3.02. The summed E-state index contributed by atoms with van der Waals surface area (Å²) in [4.78, 5) is 9.16. The Morgan fingerprint density at radius 3 is 2.67 bits per heavy atom. The van der Waals surface area contributed by atoms with E-state index in [9.17, 15) is 0 Å². The number of aromatic nitrogens is 4. The molecule has 4 rings (SSSR count). The van der Waals surface area contributed by atoms with Gasteiger partial charge in [-0.2, -0.15) is 9.78 Å². The monoisotopic (exact) mass is 352 g/mol. The maximum atomic E-state index is 9.16. The summed E-state index contributed by atoms with van der Waals surface area (Å²) in [5.74, 6) is 0.889. The number of fused-ring (bicyclic) bond motifs is 1. The van der Waals surface area contributed by atoms with Gasteiger partial charge in [0.15, 0.2) is 11.5 Å². The van der Waals surface area contributed by atoms with Crippen molar-refractivity contribution in [2.45, 2.75) is 6.42 Å². The predicted octanol–water partition coefficient (Wildman–Crippen LogP) is 3.48. The summed E-state index contributed by atoms with van der Waals surface area (Å²) in [5.41, 5.74) is 10.5. The third-order valence-corrected chi connectivity index (χ3v) is 4.26. The van der Waals surface area contributed by atoms with Crippen LogP contribution in [0.25, 0.3) is 23.0 Å². The fraction of sp³-hybridized carbons (Fsp3) is 0.0476. The largest absolute Gasteiger partial charge is 0.368 e. The third-order valence-electron chi connectivity index (χ3n) is 4.26. The SMILES string of the molecule is C=Cc1c(-c2cccc(C#N)c2)nc(N)n2nc(Cc3ccccc3)nc12. The van der Waals surface area contributed by atoms with E-state index in [1.165, 1.54) is 4.52 Å². The van der Waals surface area contributed by atoms with Crippen LogP contribution >= 0.6 is 0 Å². The number of nitriles is 1. The molecule has 0 radical (unpaired) electrons. The number of hydrogen-bond acceptors (Lipinski definition) is 5. The minimum Gasteiger partial charge on any atom is -0.368 e. The van der Waals surface area contributed by atoms with E-state index in [-0.39, 0.29) is 5.95 Å². The van der Waals surface area contributed by atoms with Gasteiger partial charge < -0.3 is 5.73 Å². The van der Waals surface area contributed by atoms with E-state index >= 15 is 0 Å². The van der Waals surface area contributed by atoms with Crippen LogP contribution in [-0.2, 0) is 6.42 Å². The number of nitrogen functional groups attached to an aromatic ring is 1. The zero-order valence-electron chi connectivity index (χ0n) is 14.5. The van der Waals surface area contributed by atoms with E-state index in [1.807, 2.05) is 42.5 Å². The molecule has 0 amide bonds. The Labute approximate surface area is 156 Å². The van der Waals surface area contributed by atoms with Gasteiger partial charge >= 0.3 is 0 Å². The second kappa shape index (κ2) is 6.73. The van der Waals surface area contributed by atoms with Gasteiger partial charge in [-0.15, -0.1) is 5.10 Å². The first-order valence-corrected chi connectivity index (χ1v) is 8.41. The van der Waals surface area contributed by atoms with Crippen molar-refractivity contribution in [2.24, 2.45) is 0 Å². The van der Waals surface area contributed by atoms with Crippen LogP contribution < -0.4 is 5.73 Å². The Morgan fingerprint density at radius 2 is 1.93 bits per heavy atom. The van der Waals surface area contributed by atoms with Crippen molar-refractivity contribution in [3.8, 4) is 17.3 Å². The quantitative estimate of drug-likeness (QED) is 0.607. The molecule has 0 saturated carbocycles. The molecule has 0 aliphatic rings. The highest BCUT2D eigenvalue weighted by Crippen LogP contribution is 2.28. The lowest BCUT2D eigenvalue weighted by Gasteiger charge is -2.08. The van der Waals surface area contributed by atoms with Crippen LogP contribution in [0.3, 0.4) is 0 Å². The molecule has 27 heavy (non-hydrogen) atoms. The number of anilines is 1. The fourth-order valence-electron chi connectivity index (χ4n) is 3.01. The van der Waals surface area contributed by atoms with Crippen LogP contribution in [0.15, 0.2) is 61.2 Å². The molecule has 0 saturated heterocycles. The van der Waals surface area contributed by atoms with E-state index in [2.05, 4.69) is 27.7 Å². The normalized spacial score (nSPS) is 10.6. The summed E-state index contributed by atoms with van der Waals surface area (Å²) in [6, 6.07) is 19.3. The van der Waals surface area contributed by atoms with Crippen LogP contribution in [0, 0.1) is 11.3 Å². The van der Waals surface area contributed by atoms with E-state index in [0.29, 0.717) is 29.1 Å². The highest BCUT2D eigenvalue weighted by atomic mass is 15.3. The molecule has 0 aliphatic carbocycles. The smallest absolute Gasteiger partial charge is 0.223 e. The van der Waals surface area contributed by atoms with Gasteiger partial charge in [-0.1, -0.05) is 55.1 Å². The number of nitrogens with zero attached hydrogens (tertiary/aromatic N) is 5. The van der Waals surface area contributed by atoms with Crippen molar-refractivity contribution in [3.63, 3.8) is 0 Å². The average Bonchev–Trinajstić information content (AvgIpc) is 3.13. The molecule has 0 fully saturated rings. The van der Waals surface area contributed by atoms with Crippen LogP contribution in [0.5, 0.6) is 0 Å². The Balaban J connectivity index is 1.87. The van der Waals surface area contributed by atoms with Crippen LogP contribution in [-0.4, -0.2) is 19.6 Å². The van der Waals surface area contributed by atoms with E-state index < -0.39 is 0 Å². The first-order chi connectivity index (χ1) is 13.2. The Kier molecular flexibility index (Phi) is 4.11. The Hall–Kier alpha value is -3.98. The molecule has 2 aromatic carbocycles. The minimum atomic E-state index is 0.236. The van der Waals surface area contributed by atoms with Crippen LogP contribution in [0.2, 0.25) is 0 Å². The van der Waals surface area contributed by atoms with Gasteiger partial charge in [0.2, 0.25) is 5.95 Å². The summed E-state index contributed by atoms with van der Waals surface area (Å²) in [6.45, 7) is 3.91. The molecular formula is C21H16N6. The van der Waals surface area contributed by atoms with E-state index in [1.54, 1.807) is 18.2 Å². The maximum absolute atomic E-state index is 9.16. The van der Waals surface area contributed by atoms with Gasteiger partial charge in [0.1, 0.15) is 0 Å². The molecule has 0 bridgehead atoms. The lowest BCUT2D eigenvalue weighted by Crippen LogP contribution is -2.06. The fourth-order valence-corrected chi connectivity index (χ4v) is 3.01. The van der Waals surface area contributed by atoms with Crippen molar-refractivity contribution < 1.29 is 0 Å². The maximum Gasteiger partial charge on any atom is 0.223 e. The van der Waals surface area contributed by atoms with Gasteiger partial charge in [0.05, 0.1) is 17.3 Å². The standard InChI is InChI=1S/C21H16N6/c1-2-17-19(16-10-6-9-15(11-16)13-22)25-21(23)27-20(17)24-18(26-27)12-14-7-4-3-5-8-14/h2-11H,1,12H2,(H2,23,25). The van der Waals surface area contributed by atoms with E-state index in [0.717, 1.165) is 16.7 Å². The molecule has 2 heterocycles. The Bertz CT molecular complexity index is 1180. The molecule has 2 aromatic heterocycles. The summed E-state index contributed by atoms with van der Waals surface area (Å²) < 4.78 is 1.53. The van der Waals surface area contributed by atoms with Gasteiger partial charge in [0, 0.05) is 17.5 Å². The second-order valence-corrected chi connectivity index (χ2v) is 6.05. The molecule has 0 atom stereocenters. The topological polar surface area (TPSA) is 92.9 Å². The lowest BCUT2D eigenvalue weighted by molar-refractivity contribution is 0.890. The van der Waals surface area contributed by atoms with Gasteiger partial charge in [0.25, 0.3) is 0 Å². The molecule has 6 nitrogen and oxygen atoms in total. The number of benzene rings is 2. The van der Waals surface area contributed by atoms with Crippen molar-refractivity contribution in [2.75, 3.05) is 5.73 Å². The van der Waals surface area contributed by atoms with Crippen molar-refractivity contribution in [1.29, 1.82) is 5.26 Å². The van der Waals surface area contributed by atoms with Gasteiger partial charge in [-0.05, 0) is 17.7 Å². The minimum absolute atomic E-state index is 0.236. The summed E-state index contributed by atoms with van der Waals surface area (Å²) >= 11 is 0. The molecule has 0 spiro atoms. The average molecular weight is 352 g/mol. The summed E-state index contributed by atoms with van der Waals surface area (Å²) in [6.07, 6.45) is 2.29. The van der Waals surface area contributed by atoms with Crippen molar-refractivity contribution in [1.82, 2.24) is 19.6 Å². The highest BCUT2D eigenvalue weighted by molar-refractivity contribution is 5.81. The Morgan fingerprint density at radius 1 is 1.11 bits per heavy atom. The molecule has 0 aliphatic heterocycles. The lowest BCUT2D eigenvalue weighted by atomic mass is 10.0. The summed E-state index contributed by atoms with van der Waals surface area (Å²) in [7, 11) is 0.